The van der Waals surface area contributed by atoms with E-state index in [1.807, 2.05) is 4.72 Å². The van der Waals surface area contributed by atoms with Gasteiger partial charge in [0.1, 0.15) is 23.6 Å². The summed E-state index contributed by atoms with van der Waals surface area (Å²) in [6, 6.07) is 6.57. The second kappa shape index (κ2) is 10.2. The van der Waals surface area contributed by atoms with Crippen LogP contribution >= 0.6 is 0 Å². The van der Waals surface area contributed by atoms with E-state index >= 15 is 0 Å². The van der Waals surface area contributed by atoms with Crippen LogP contribution in [0, 0.1) is 10.1 Å². The van der Waals surface area contributed by atoms with E-state index in [4.69, 9.17) is 9.15 Å². The molecule has 0 aliphatic heterocycles. The van der Waals surface area contributed by atoms with E-state index in [0.717, 1.165) is 12.1 Å². The minimum absolute atomic E-state index is 0.0853. The molecule has 0 aliphatic carbocycles. The van der Waals surface area contributed by atoms with E-state index in [2.05, 4.69) is 10.1 Å². The van der Waals surface area contributed by atoms with Gasteiger partial charge in [0.15, 0.2) is 6.61 Å². The SMILES string of the molecule is CC(C)(C)OC(=O)COC(=O)CNS(=O)(=O)c1ccc(NCc2ccco2)c([N+](=O)[O-])c1. The van der Waals surface area contributed by atoms with Crippen LogP contribution in [0.25, 0.3) is 0 Å². The number of rotatable bonds is 10. The van der Waals surface area contributed by atoms with Crippen molar-refractivity contribution in [3.63, 3.8) is 0 Å². The van der Waals surface area contributed by atoms with Gasteiger partial charge in [0.25, 0.3) is 5.69 Å². The number of benzene rings is 1. The highest BCUT2D eigenvalue weighted by molar-refractivity contribution is 7.89. The third-order valence-electron chi connectivity index (χ3n) is 3.69. The molecule has 0 unspecified atom stereocenters. The van der Waals surface area contributed by atoms with Gasteiger partial charge < -0.3 is 19.2 Å². The monoisotopic (exact) mass is 469 g/mol. The Hall–Kier alpha value is -3.45. The number of nitrogens with one attached hydrogen (secondary N) is 2. The minimum Gasteiger partial charge on any atom is -0.467 e. The maximum absolute atomic E-state index is 12.4. The molecule has 2 rings (SSSR count). The number of nitro benzene ring substituents is 1. The number of ether oxygens (including phenoxy) is 2. The summed E-state index contributed by atoms with van der Waals surface area (Å²) in [4.78, 5) is 33.5. The number of carbonyl (C=O) groups excluding carboxylic acids is 2. The van der Waals surface area contributed by atoms with E-state index < -0.39 is 56.2 Å². The van der Waals surface area contributed by atoms with Gasteiger partial charge in [-0.3, -0.25) is 14.9 Å². The number of sulfonamides is 1. The fourth-order valence-corrected chi connectivity index (χ4v) is 3.36. The van der Waals surface area contributed by atoms with Crippen molar-refractivity contribution in [3.8, 4) is 0 Å². The van der Waals surface area contributed by atoms with Crippen molar-refractivity contribution in [2.75, 3.05) is 18.5 Å². The second-order valence-electron chi connectivity index (χ2n) is 7.44. The van der Waals surface area contributed by atoms with Crippen molar-refractivity contribution in [1.29, 1.82) is 0 Å². The molecule has 174 valence electrons. The van der Waals surface area contributed by atoms with Gasteiger partial charge in [0, 0.05) is 6.07 Å². The molecule has 13 heteroatoms. The first-order valence-corrected chi connectivity index (χ1v) is 10.8. The van der Waals surface area contributed by atoms with Crippen LogP contribution in [0.2, 0.25) is 0 Å². The molecule has 0 aliphatic rings. The average molecular weight is 469 g/mol. The predicted molar refractivity (Wildman–Crippen MR) is 111 cm³/mol. The van der Waals surface area contributed by atoms with E-state index in [0.29, 0.717) is 5.76 Å². The molecule has 1 aromatic carbocycles. The smallest absolute Gasteiger partial charge is 0.344 e. The molecule has 2 N–H and O–H groups in total. The van der Waals surface area contributed by atoms with E-state index in [1.54, 1.807) is 32.9 Å². The standard InChI is InChI=1S/C19H23N3O9S/c1-19(2,3)31-18(24)12-30-17(23)11-21-32(27,28)14-6-7-15(16(9-14)22(25)26)20-10-13-5-4-8-29-13/h4-9,20-21H,10-12H2,1-3H3. The molecular formula is C19H23N3O9S. The average Bonchev–Trinajstić information content (AvgIpc) is 3.21. The number of hydrogen-bond acceptors (Lipinski definition) is 10. The highest BCUT2D eigenvalue weighted by atomic mass is 32.2. The Morgan fingerprint density at radius 3 is 2.50 bits per heavy atom. The lowest BCUT2D eigenvalue weighted by Crippen LogP contribution is -2.33. The molecule has 0 fully saturated rings. The van der Waals surface area contributed by atoms with Crippen LogP contribution in [0.15, 0.2) is 45.9 Å². The van der Waals surface area contributed by atoms with Crippen LogP contribution in [0.3, 0.4) is 0 Å². The predicted octanol–water partition coefficient (Wildman–Crippen LogP) is 1.96. The third-order valence-corrected chi connectivity index (χ3v) is 5.09. The fraction of sp³-hybridized carbons (Fsp3) is 0.368. The quantitative estimate of drug-likeness (QED) is 0.298. The van der Waals surface area contributed by atoms with Crippen molar-refractivity contribution in [2.24, 2.45) is 0 Å². The van der Waals surface area contributed by atoms with Crippen LogP contribution in [-0.4, -0.2) is 44.0 Å². The zero-order chi connectivity index (χ0) is 23.9. The van der Waals surface area contributed by atoms with Gasteiger partial charge in [0.2, 0.25) is 10.0 Å². The molecule has 0 atom stereocenters. The number of nitro groups is 1. The number of anilines is 1. The summed E-state index contributed by atoms with van der Waals surface area (Å²) < 4.78 is 41.6. The second-order valence-corrected chi connectivity index (χ2v) is 9.21. The maximum atomic E-state index is 12.4. The molecule has 1 heterocycles. The molecular weight excluding hydrogens is 446 g/mol. The molecule has 1 aromatic heterocycles. The van der Waals surface area contributed by atoms with Gasteiger partial charge in [0.05, 0.1) is 22.6 Å². The molecule has 2 aromatic rings. The Bertz CT molecular complexity index is 1070. The van der Waals surface area contributed by atoms with Crippen molar-refractivity contribution in [1.82, 2.24) is 4.72 Å². The first kappa shape index (κ1) is 24.8. The topological polar surface area (TPSA) is 167 Å². The molecule has 0 radical (unpaired) electrons. The lowest BCUT2D eigenvalue weighted by Gasteiger charge is -2.19. The largest absolute Gasteiger partial charge is 0.467 e. The number of nitrogens with zero attached hydrogens (tertiary/aromatic N) is 1. The first-order valence-electron chi connectivity index (χ1n) is 9.29. The van der Waals surface area contributed by atoms with Gasteiger partial charge >= 0.3 is 11.9 Å². The summed E-state index contributed by atoms with van der Waals surface area (Å²) in [5.41, 5.74) is -1.16. The number of hydrogen-bond donors (Lipinski definition) is 2. The molecule has 32 heavy (non-hydrogen) atoms. The summed E-state index contributed by atoms with van der Waals surface area (Å²) in [5, 5.41) is 14.2. The van der Waals surface area contributed by atoms with Crippen LogP contribution < -0.4 is 10.0 Å². The molecule has 0 amide bonds. The van der Waals surface area contributed by atoms with Crippen molar-refractivity contribution in [3.05, 3.63) is 52.5 Å². The van der Waals surface area contributed by atoms with Gasteiger partial charge in [-0.2, -0.15) is 4.72 Å². The van der Waals surface area contributed by atoms with Gasteiger partial charge in [-0.1, -0.05) is 0 Å². The van der Waals surface area contributed by atoms with Crippen LogP contribution in [0.1, 0.15) is 26.5 Å². The number of carbonyl (C=O) groups is 2. The Morgan fingerprint density at radius 2 is 1.91 bits per heavy atom. The number of esters is 2. The normalized spacial score (nSPS) is 11.6. The first-order chi connectivity index (χ1) is 14.9. The minimum atomic E-state index is -4.27. The summed E-state index contributed by atoms with van der Waals surface area (Å²) >= 11 is 0. The van der Waals surface area contributed by atoms with Crippen molar-refractivity contribution < 1.29 is 36.8 Å². The molecule has 0 spiro atoms. The van der Waals surface area contributed by atoms with Crippen molar-refractivity contribution >= 4 is 33.3 Å². The Kier molecular flexibility index (Phi) is 7.94. The van der Waals surface area contributed by atoms with Crippen LogP contribution in [0.5, 0.6) is 0 Å². The van der Waals surface area contributed by atoms with E-state index in [9.17, 15) is 28.1 Å². The van der Waals surface area contributed by atoms with Crippen molar-refractivity contribution in [2.45, 2.75) is 37.8 Å². The van der Waals surface area contributed by atoms with Crippen LogP contribution in [-0.2, 0) is 35.6 Å². The molecule has 0 saturated heterocycles. The van der Waals surface area contributed by atoms with E-state index in [1.165, 1.54) is 12.3 Å². The highest BCUT2D eigenvalue weighted by Crippen LogP contribution is 2.28. The Morgan fingerprint density at radius 1 is 1.19 bits per heavy atom. The fourth-order valence-electron chi connectivity index (χ4n) is 2.37. The lowest BCUT2D eigenvalue weighted by molar-refractivity contribution is -0.384. The molecule has 12 nitrogen and oxygen atoms in total. The summed E-state index contributed by atoms with van der Waals surface area (Å²) in [5.74, 6) is -1.28. The van der Waals surface area contributed by atoms with E-state index in [-0.39, 0.29) is 12.2 Å². The zero-order valence-corrected chi connectivity index (χ0v) is 18.4. The lowest BCUT2D eigenvalue weighted by atomic mass is 10.2. The maximum Gasteiger partial charge on any atom is 0.344 e. The van der Waals surface area contributed by atoms with Crippen LogP contribution in [0.4, 0.5) is 11.4 Å². The highest BCUT2D eigenvalue weighted by Gasteiger charge is 2.23. The Labute approximate surface area is 184 Å². The molecule has 0 saturated carbocycles. The van der Waals surface area contributed by atoms with Gasteiger partial charge in [-0.25, -0.2) is 13.2 Å². The Balaban J connectivity index is 2.00. The summed E-state index contributed by atoms with van der Waals surface area (Å²) in [6.07, 6.45) is 1.45. The third kappa shape index (κ3) is 7.67. The summed E-state index contributed by atoms with van der Waals surface area (Å²) in [6.45, 7) is 3.60. The summed E-state index contributed by atoms with van der Waals surface area (Å²) in [7, 11) is -4.27. The molecule has 0 bridgehead atoms. The van der Waals surface area contributed by atoms with Gasteiger partial charge in [-0.15, -0.1) is 0 Å². The van der Waals surface area contributed by atoms with Gasteiger partial charge in [-0.05, 0) is 45.0 Å². The zero-order valence-electron chi connectivity index (χ0n) is 17.6. The number of furan rings is 1.